The standard InChI is InChI=1S/C15H19N3O3/c1-17(10-6-9-16)14(19)11-18(2)13-8-5-4-7-12(13)15(20)21-3/h4-5,7-8H,6,10-11H2,1-3H3. The lowest BCUT2D eigenvalue weighted by Crippen LogP contribution is -2.37. The van der Waals surface area contributed by atoms with Gasteiger partial charge in [0.15, 0.2) is 0 Å². The van der Waals surface area contributed by atoms with Crippen LogP contribution in [0.15, 0.2) is 24.3 Å². The molecule has 21 heavy (non-hydrogen) atoms. The Balaban J connectivity index is 2.81. The van der Waals surface area contributed by atoms with Gasteiger partial charge >= 0.3 is 5.97 Å². The van der Waals surface area contributed by atoms with Gasteiger partial charge in [-0.25, -0.2) is 4.79 Å². The lowest BCUT2D eigenvalue weighted by Gasteiger charge is -2.24. The van der Waals surface area contributed by atoms with Crippen LogP contribution in [0.4, 0.5) is 5.69 Å². The third-order valence-electron chi connectivity index (χ3n) is 3.08. The van der Waals surface area contributed by atoms with Crippen molar-refractivity contribution in [3.63, 3.8) is 0 Å². The van der Waals surface area contributed by atoms with Crippen LogP contribution < -0.4 is 4.90 Å². The first-order chi connectivity index (χ1) is 10.0. The molecule has 0 N–H and O–H groups in total. The first-order valence-corrected chi connectivity index (χ1v) is 6.50. The summed E-state index contributed by atoms with van der Waals surface area (Å²) in [4.78, 5) is 27.0. The van der Waals surface area contributed by atoms with Crippen LogP contribution in [-0.2, 0) is 9.53 Å². The summed E-state index contributed by atoms with van der Waals surface area (Å²) in [5.74, 6) is -0.560. The Bertz CT molecular complexity index is 551. The number of hydrogen-bond acceptors (Lipinski definition) is 5. The number of anilines is 1. The molecule has 6 nitrogen and oxygen atoms in total. The highest BCUT2D eigenvalue weighted by molar-refractivity contribution is 5.96. The number of carbonyl (C=O) groups excluding carboxylic acids is 2. The summed E-state index contributed by atoms with van der Waals surface area (Å²) in [5, 5.41) is 8.53. The smallest absolute Gasteiger partial charge is 0.339 e. The van der Waals surface area contributed by atoms with E-state index in [9.17, 15) is 9.59 Å². The topological polar surface area (TPSA) is 73.6 Å². The lowest BCUT2D eigenvalue weighted by molar-refractivity contribution is -0.128. The number of methoxy groups -OCH3 is 1. The molecule has 112 valence electrons. The molecule has 0 heterocycles. The number of nitriles is 1. The third-order valence-corrected chi connectivity index (χ3v) is 3.08. The molecule has 0 aromatic heterocycles. The second-order valence-electron chi connectivity index (χ2n) is 4.59. The molecule has 0 aliphatic carbocycles. The van der Waals surface area contributed by atoms with Gasteiger partial charge in [-0.05, 0) is 12.1 Å². The number of benzene rings is 1. The van der Waals surface area contributed by atoms with E-state index in [2.05, 4.69) is 0 Å². The quantitative estimate of drug-likeness (QED) is 0.738. The van der Waals surface area contributed by atoms with Gasteiger partial charge in [-0.15, -0.1) is 0 Å². The molecule has 0 saturated heterocycles. The maximum atomic E-state index is 12.0. The van der Waals surface area contributed by atoms with E-state index in [0.717, 1.165) is 0 Å². The molecule has 6 heteroatoms. The minimum Gasteiger partial charge on any atom is -0.465 e. The SMILES string of the molecule is COC(=O)c1ccccc1N(C)CC(=O)N(C)CCC#N. The Morgan fingerprint density at radius 2 is 1.95 bits per heavy atom. The molecule has 1 rings (SSSR count). The molecule has 0 saturated carbocycles. The monoisotopic (exact) mass is 289 g/mol. The van der Waals surface area contributed by atoms with Crippen molar-refractivity contribution < 1.29 is 14.3 Å². The van der Waals surface area contributed by atoms with Gasteiger partial charge in [-0.2, -0.15) is 5.26 Å². The molecule has 1 amide bonds. The van der Waals surface area contributed by atoms with Gasteiger partial charge in [0.05, 0.1) is 37.4 Å². The first kappa shape index (κ1) is 16.5. The van der Waals surface area contributed by atoms with Crippen LogP contribution in [0.3, 0.4) is 0 Å². The number of nitrogens with zero attached hydrogens (tertiary/aromatic N) is 3. The molecule has 0 radical (unpaired) electrons. The molecule has 1 aromatic carbocycles. The summed E-state index contributed by atoms with van der Waals surface area (Å²) in [5.41, 5.74) is 1.04. The second kappa shape index (κ2) is 7.90. The number of esters is 1. The minimum atomic E-state index is -0.442. The molecule has 0 spiro atoms. The van der Waals surface area contributed by atoms with Crippen molar-refractivity contribution in [2.24, 2.45) is 0 Å². The zero-order chi connectivity index (χ0) is 15.8. The highest BCUT2D eigenvalue weighted by Gasteiger charge is 2.17. The normalized spacial score (nSPS) is 9.62. The number of carbonyl (C=O) groups is 2. The molecule has 0 unspecified atom stereocenters. The fraction of sp³-hybridized carbons (Fsp3) is 0.400. The summed E-state index contributed by atoms with van der Waals surface area (Å²) in [6, 6.07) is 8.95. The molecular formula is C15H19N3O3. The van der Waals surface area contributed by atoms with Gasteiger partial charge in [-0.1, -0.05) is 12.1 Å². The second-order valence-corrected chi connectivity index (χ2v) is 4.59. The van der Waals surface area contributed by atoms with E-state index in [1.54, 1.807) is 43.3 Å². The van der Waals surface area contributed by atoms with Crippen LogP contribution in [-0.4, -0.2) is 51.1 Å². The van der Waals surface area contributed by atoms with Crippen molar-refractivity contribution in [2.75, 3.05) is 39.2 Å². The Morgan fingerprint density at radius 1 is 1.29 bits per heavy atom. The number of para-hydroxylation sites is 1. The first-order valence-electron chi connectivity index (χ1n) is 6.50. The molecule has 0 atom stereocenters. The maximum absolute atomic E-state index is 12.0. The van der Waals surface area contributed by atoms with Crippen molar-refractivity contribution in [3.8, 4) is 6.07 Å². The van der Waals surface area contributed by atoms with Crippen LogP contribution in [0.5, 0.6) is 0 Å². The molecule has 0 fully saturated rings. The van der Waals surface area contributed by atoms with Gasteiger partial charge < -0.3 is 14.5 Å². The van der Waals surface area contributed by atoms with E-state index in [1.165, 1.54) is 12.0 Å². The average molecular weight is 289 g/mol. The van der Waals surface area contributed by atoms with E-state index in [-0.39, 0.29) is 12.5 Å². The van der Waals surface area contributed by atoms with E-state index in [0.29, 0.717) is 24.2 Å². The van der Waals surface area contributed by atoms with Crippen molar-refractivity contribution in [2.45, 2.75) is 6.42 Å². The summed E-state index contributed by atoms with van der Waals surface area (Å²) in [6.45, 7) is 0.512. The molecule has 0 aliphatic heterocycles. The largest absolute Gasteiger partial charge is 0.465 e. The van der Waals surface area contributed by atoms with Gasteiger partial charge in [0.2, 0.25) is 5.91 Å². The predicted octanol–water partition coefficient (Wildman–Crippen LogP) is 1.28. The highest BCUT2D eigenvalue weighted by Crippen LogP contribution is 2.19. The van der Waals surface area contributed by atoms with Crippen LogP contribution in [0.25, 0.3) is 0 Å². The fourth-order valence-corrected chi connectivity index (χ4v) is 1.84. The molecule has 0 aliphatic rings. The summed E-state index contributed by atoms with van der Waals surface area (Å²) in [7, 11) is 4.71. The third kappa shape index (κ3) is 4.49. The number of likely N-dealkylation sites (N-methyl/N-ethyl adjacent to an activating group) is 2. The fourth-order valence-electron chi connectivity index (χ4n) is 1.84. The Kier molecular flexibility index (Phi) is 6.21. The van der Waals surface area contributed by atoms with Crippen molar-refractivity contribution in [1.82, 2.24) is 4.90 Å². The lowest BCUT2D eigenvalue weighted by atomic mass is 10.1. The van der Waals surface area contributed by atoms with E-state index < -0.39 is 5.97 Å². The number of ether oxygens (including phenoxy) is 1. The zero-order valence-corrected chi connectivity index (χ0v) is 12.5. The number of amides is 1. The van der Waals surface area contributed by atoms with Gasteiger partial charge in [0, 0.05) is 20.6 Å². The summed E-state index contributed by atoms with van der Waals surface area (Å²) >= 11 is 0. The molecular weight excluding hydrogens is 270 g/mol. The Morgan fingerprint density at radius 3 is 2.57 bits per heavy atom. The highest BCUT2D eigenvalue weighted by atomic mass is 16.5. The maximum Gasteiger partial charge on any atom is 0.339 e. The molecule has 1 aromatic rings. The number of hydrogen-bond donors (Lipinski definition) is 0. The van der Waals surface area contributed by atoms with Crippen molar-refractivity contribution in [1.29, 1.82) is 5.26 Å². The van der Waals surface area contributed by atoms with Gasteiger partial charge in [-0.3, -0.25) is 4.79 Å². The minimum absolute atomic E-state index is 0.118. The number of rotatable bonds is 6. The van der Waals surface area contributed by atoms with E-state index in [4.69, 9.17) is 10.00 Å². The summed E-state index contributed by atoms with van der Waals surface area (Å²) < 4.78 is 4.74. The van der Waals surface area contributed by atoms with E-state index in [1.807, 2.05) is 6.07 Å². The Labute approximate surface area is 124 Å². The molecule has 0 bridgehead atoms. The van der Waals surface area contributed by atoms with Crippen molar-refractivity contribution >= 4 is 17.6 Å². The predicted molar refractivity (Wildman–Crippen MR) is 78.9 cm³/mol. The summed E-state index contributed by atoms with van der Waals surface area (Å²) in [6.07, 6.45) is 0.296. The van der Waals surface area contributed by atoms with Crippen LogP contribution >= 0.6 is 0 Å². The van der Waals surface area contributed by atoms with Crippen molar-refractivity contribution in [3.05, 3.63) is 29.8 Å². The van der Waals surface area contributed by atoms with Gasteiger partial charge in [0.25, 0.3) is 0 Å². The zero-order valence-electron chi connectivity index (χ0n) is 12.5. The Hall–Kier alpha value is -2.55. The van der Waals surface area contributed by atoms with Crippen LogP contribution in [0, 0.1) is 11.3 Å². The van der Waals surface area contributed by atoms with Crippen LogP contribution in [0.1, 0.15) is 16.8 Å². The van der Waals surface area contributed by atoms with Crippen LogP contribution in [0.2, 0.25) is 0 Å². The average Bonchev–Trinajstić information content (AvgIpc) is 2.51. The van der Waals surface area contributed by atoms with E-state index >= 15 is 0 Å². The van der Waals surface area contributed by atoms with Gasteiger partial charge in [0.1, 0.15) is 0 Å².